The molecule has 0 bridgehead atoms. The number of sulfonamides is 1. The van der Waals surface area contributed by atoms with Crippen LogP contribution in [0.4, 0.5) is 5.69 Å². The van der Waals surface area contributed by atoms with Crippen LogP contribution in [0.1, 0.15) is 5.56 Å². The first-order valence-electron chi connectivity index (χ1n) is 11.4. The Balaban J connectivity index is 1.50. The van der Waals surface area contributed by atoms with E-state index in [4.69, 9.17) is 23.2 Å². The third-order valence-electron chi connectivity index (χ3n) is 6.07. The zero-order valence-electron chi connectivity index (χ0n) is 19.2. The fourth-order valence-electron chi connectivity index (χ4n) is 4.10. The number of piperazine rings is 1. The molecule has 4 rings (SSSR count). The highest BCUT2D eigenvalue weighted by atomic mass is 35.5. The van der Waals surface area contributed by atoms with E-state index in [2.05, 4.69) is 4.90 Å². The monoisotopic (exact) mass is 531 g/mol. The van der Waals surface area contributed by atoms with E-state index in [9.17, 15) is 13.2 Å². The summed E-state index contributed by atoms with van der Waals surface area (Å²) in [6.07, 6.45) is 0.466. The molecule has 1 saturated heterocycles. The van der Waals surface area contributed by atoms with Crippen molar-refractivity contribution in [3.63, 3.8) is 0 Å². The lowest BCUT2D eigenvalue weighted by atomic mass is 10.1. The number of benzene rings is 3. The third kappa shape index (κ3) is 6.35. The molecule has 1 heterocycles. The van der Waals surface area contributed by atoms with Gasteiger partial charge in [-0.2, -0.15) is 4.31 Å². The van der Waals surface area contributed by atoms with Gasteiger partial charge in [0.1, 0.15) is 4.90 Å². The molecular weight excluding hydrogens is 505 g/mol. The van der Waals surface area contributed by atoms with Crippen molar-refractivity contribution in [3.05, 3.63) is 94.5 Å². The molecule has 1 aliphatic rings. The van der Waals surface area contributed by atoms with Gasteiger partial charge in [0.15, 0.2) is 0 Å². The molecule has 0 spiro atoms. The molecule has 0 atom stereocenters. The van der Waals surface area contributed by atoms with Gasteiger partial charge >= 0.3 is 0 Å². The molecule has 3 aromatic rings. The molecule has 184 valence electrons. The molecule has 0 unspecified atom stereocenters. The van der Waals surface area contributed by atoms with E-state index in [0.717, 1.165) is 11.3 Å². The van der Waals surface area contributed by atoms with E-state index < -0.39 is 10.0 Å². The molecule has 0 saturated carbocycles. The first kappa shape index (κ1) is 25.5. The summed E-state index contributed by atoms with van der Waals surface area (Å²) in [4.78, 5) is 17.1. The molecule has 1 amide bonds. The Hall–Kier alpha value is -2.58. The number of anilines is 1. The van der Waals surface area contributed by atoms with Crippen molar-refractivity contribution in [2.24, 2.45) is 0 Å². The number of carbonyl (C=O) groups excluding carboxylic acids is 1. The van der Waals surface area contributed by atoms with Gasteiger partial charge in [0.2, 0.25) is 15.9 Å². The van der Waals surface area contributed by atoms with Gasteiger partial charge in [-0.15, -0.1) is 0 Å². The number of amides is 1. The minimum Gasteiger partial charge on any atom is -0.368 e. The van der Waals surface area contributed by atoms with E-state index in [1.54, 1.807) is 4.90 Å². The number of hydrogen-bond donors (Lipinski definition) is 0. The first-order chi connectivity index (χ1) is 16.8. The number of nitrogens with zero attached hydrogens (tertiary/aromatic N) is 3. The number of rotatable bonds is 8. The van der Waals surface area contributed by atoms with E-state index in [1.807, 2.05) is 60.7 Å². The van der Waals surface area contributed by atoms with Crippen LogP contribution in [0.3, 0.4) is 0 Å². The van der Waals surface area contributed by atoms with Crippen LogP contribution in [0.5, 0.6) is 0 Å². The summed E-state index contributed by atoms with van der Waals surface area (Å²) >= 11 is 12.3. The molecule has 3 aromatic carbocycles. The SMILES string of the molecule is O=C(CN(CCc1ccccc1)S(=O)(=O)c1cc(Cl)ccc1Cl)N1CCN(c2ccccc2)CC1. The quantitative estimate of drug-likeness (QED) is 0.427. The van der Waals surface area contributed by atoms with Crippen molar-refractivity contribution in [2.75, 3.05) is 44.2 Å². The number of hydrogen-bond acceptors (Lipinski definition) is 4. The number of halogens is 2. The van der Waals surface area contributed by atoms with E-state index in [-0.39, 0.29) is 33.9 Å². The zero-order chi connectivity index (χ0) is 24.8. The average Bonchev–Trinajstić information content (AvgIpc) is 2.89. The lowest BCUT2D eigenvalue weighted by Gasteiger charge is -2.37. The van der Waals surface area contributed by atoms with Crippen molar-refractivity contribution in [1.29, 1.82) is 0 Å². The predicted molar refractivity (Wildman–Crippen MR) is 141 cm³/mol. The second-order valence-corrected chi connectivity index (χ2v) is 11.1. The van der Waals surface area contributed by atoms with E-state index in [1.165, 1.54) is 22.5 Å². The molecule has 0 aromatic heterocycles. The van der Waals surface area contributed by atoms with Gasteiger partial charge in [0.05, 0.1) is 11.6 Å². The minimum absolute atomic E-state index is 0.0723. The molecule has 0 radical (unpaired) electrons. The van der Waals surface area contributed by atoms with Crippen molar-refractivity contribution in [3.8, 4) is 0 Å². The Bertz CT molecular complexity index is 1250. The lowest BCUT2D eigenvalue weighted by Crippen LogP contribution is -2.52. The highest BCUT2D eigenvalue weighted by Crippen LogP contribution is 2.28. The molecular formula is C26H27Cl2N3O3S. The molecule has 1 fully saturated rings. The van der Waals surface area contributed by atoms with E-state index >= 15 is 0 Å². The molecule has 0 aliphatic carbocycles. The summed E-state index contributed by atoms with van der Waals surface area (Å²) in [6, 6.07) is 23.9. The van der Waals surface area contributed by atoms with Gasteiger partial charge in [0.25, 0.3) is 0 Å². The molecule has 6 nitrogen and oxygen atoms in total. The Morgan fingerprint density at radius 2 is 1.49 bits per heavy atom. The number of para-hydroxylation sites is 1. The summed E-state index contributed by atoms with van der Waals surface area (Å²) in [6.45, 7) is 2.31. The van der Waals surface area contributed by atoms with Gasteiger partial charge in [-0.3, -0.25) is 4.79 Å². The fourth-order valence-corrected chi connectivity index (χ4v) is 6.23. The summed E-state index contributed by atoms with van der Waals surface area (Å²) in [5.41, 5.74) is 2.09. The topological polar surface area (TPSA) is 60.9 Å². The van der Waals surface area contributed by atoms with Crippen molar-refractivity contribution in [1.82, 2.24) is 9.21 Å². The molecule has 9 heteroatoms. The highest BCUT2D eigenvalue weighted by Gasteiger charge is 2.31. The number of carbonyl (C=O) groups is 1. The van der Waals surface area contributed by atoms with Gasteiger partial charge < -0.3 is 9.80 Å². The van der Waals surface area contributed by atoms with Crippen LogP contribution in [0.2, 0.25) is 10.0 Å². The summed E-state index contributed by atoms with van der Waals surface area (Å²) in [7, 11) is -4.05. The van der Waals surface area contributed by atoms with Gasteiger partial charge in [-0.05, 0) is 42.3 Å². The smallest absolute Gasteiger partial charge is 0.245 e. The summed E-state index contributed by atoms with van der Waals surface area (Å²) in [5.74, 6) is -0.229. The lowest BCUT2D eigenvalue weighted by molar-refractivity contribution is -0.131. The van der Waals surface area contributed by atoms with Crippen LogP contribution in [0.25, 0.3) is 0 Å². The fraction of sp³-hybridized carbons (Fsp3) is 0.269. The second kappa shape index (κ2) is 11.4. The van der Waals surface area contributed by atoms with Crippen LogP contribution >= 0.6 is 23.2 Å². The standard InChI is InChI=1S/C26H27Cl2N3O3S/c27-22-11-12-24(28)25(19-22)35(33,34)31(14-13-21-7-3-1-4-8-21)20-26(32)30-17-15-29(16-18-30)23-9-5-2-6-10-23/h1-12,19H,13-18,20H2. The van der Waals surface area contributed by atoms with Crippen LogP contribution in [0, 0.1) is 0 Å². The maximum atomic E-state index is 13.6. The summed E-state index contributed by atoms with van der Waals surface area (Å²) in [5, 5.41) is 0.336. The predicted octanol–water partition coefficient (Wildman–Crippen LogP) is 4.58. The van der Waals surface area contributed by atoms with Crippen LogP contribution in [-0.2, 0) is 21.2 Å². The molecule has 35 heavy (non-hydrogen) atoms. The average molecular weight is 532 g/mol. The van der Waals surface area contributed by atoms with Crippen molar-refractivity contribution < 1.29 is 13.2 Å². The maximum Gasteiger partial charge on any atom is 0.245 e. The van der Waals surface area contributed by atoms with E-state index in [0.29, 0.717) is 32.6 Å². The normalized spacial score (nSPS) is 14.4. The van der Waals surface area contributed by atoms with Gasteiger partial charge in [-0.1, -0.05) is 71.7 Å². The van der Waals surface area contributed by atoms with Crippen LogP contribution in [-0.4, -0.2) is 62.8 Å². The highest BCUT2D eigenvalue weighted by molar-refractivity contribution is 7.89. The van der Waals surface area contributed by atoms with Gasteiger partial charge in [0, 0.05) is 43.4 Å². The second-order valence-electron chi connectivity index (χ2n) is 8.35. The summed E-state index contributed by atoms with van der Waals surface area (Å²) < 4.78 is 28.4. The third-order valence-corrected chi connectivity index (χ3v) is 8.63. The Morgan fingerprint density at radius 1 is 0.857 bits per heavy atom. The Morgan fingerprint density at radius 3 is 2.14 bits per heavy atom. The van der Waals surface area contributed by atoms with Crippen molar-refractivity contribution >= 4 is 44.8 Å². The van der Waals surface area contributed by atoms with Crippen molar-refractivity contribution in [2.45, 2.75) is 11.3 Å². The largest absolute Gasteiger partial charge is 0.368 e. The minimum atomic E-state index is -4.05. The van der Waals surface area contributed by atoms with Crippen LogP contribution < -0.4 is 4.90 Å². The zero-order valence-corrected chi connectivity index (χ0v) is 21.5. The maximum absolute atomic E-state index is 13.6. The Kier molecular flexibility index (Phi) is 8.34. The first-order valence-corrected chi connectivity index (χ1v) is 13.6. The van der Waals surface area contributed by atoms with Gasteiger partial charge in [-0.25, -0.2) is 8.42 Å². The Labute approximate surface area is 216 Å². The molecule has 1 aliphatic heterocycles. The van der Waals surface area contributed by atoms with Crippen LogP contribution in [0.15, 0.2) is 83.8 Å². The molecule has 0 N–H and O–H groups in total.